The van der Waals surface area contributed by atoms with Gasteiger partial charge < -0.3 is 5.32 Å². The van der Waals surface area contributed by atoms with Gasteiger partial charge in [-0.2, -0.15) is 0 Å². The molecule has 0 unspecified atom stereocenters. The van der Waals surface area contributed by atoms with Crippen molar-refractivity contribution < 1.29 is 4.92 Å². The molecule has 0 atom stereocenters. The first-order chi connectivity index (χ1) is 8.77. The van der Waals surface area contributed by atoms with Gasteiger partial charge in [-0.1, -0.05) is 18.2 Å². The van der Waals surface area contributed by atoms with Gasteiger partial charge in [0, 0.05) is 37.1 Å². The summed E-state index contributed by atoms with van der Waals surface area (Å²) in [4.78, 5) is 14.4. The van der Waals surface area contributed by atoms with Gasteiger partial charge in [0.1, 0.15) is 0 Å². The topological polar surface area (TPSA) is 68.1 Å². The second-order valence-electron chi connectivity index (χ2n) is 3.84. The highest BCUT2D eigenvalue weighted by Crippen LogP contribution is 2.17. The fraction of sp³-hybridized carbons (Fsp3) is 0.154. The zero-order chi connectivity index (χ0) is 12.8. The number of nitro benzene ring substituents is 1. The van der Waals surface area contributed by atoms with Crippen molar-refractivity contribution >= 4 is 5.69 Å². The summed E-state index contributed by atoms with van der Waals surface area (Å²) in [5.74, 6) is 0. The molecule has 0 saturated heterocycles. The van der Waals surface area contributed by atoms with Gasteiger partial charge in [0.15, 0.2) is 0 Å². The quantitative estimate of drug-likeness (QED) is 0.646. The van der Waals surface area contributed by atoms with E-state index < -0.39 is 0 Å². The van der Waals surface area contributed by atoms with Crippen LogP contribution in [0.3, 0.4) is 0 Å². The Morgan fingerprint density at radius 3 is 2.56 bits per heavy atom. The highest BCUT2D eigenvalue weighted by atomic mass is 16.6. The van der Waals surface area contributed by atoms with E-state index in [0.717, 1.165) is 5.56 Å². The number of aromatic nitrogens is 1. The Labute approximate surface area is 105 Å². The summed E-state index contributed by atoms with van der Waals surface area (Å²) in [6.07, 6.45) is 3.45. The third-order valence-corrected chi connectivity index (χ3v) is 2.58. The summed E-state index contributed by atoms with van der Waals surface area (Å²) in [5.41, 5.74) is 1.94. The third-order valence-electron chi connectivity index (χ3n) is 2.58. The minimum atomic E-state index is -0.358. The Balaban J connectivity index is 1.97. The van der Waals surface area contributed by atoms with E-state index in [-0.39, 0.29) is 10.6 Å². The molecule has 0 spiro atoms. The maximum absolute atomic E-state index is 10.8. The van der Waals surface area contributed by atoms with Crippen molar-refractivity contribution in [2.45, 2.75) is 13.1 Å². The van der Waals surface area contributed by atoms with E-state index in [9.17, 15) is 10.1 Å². The lowest BCUT2D eigenvalue weighted by Gasteiger charge is -2.05. The van der Waals surface area contributed by atoms with Crippen molar-refractivity contribution in [2.24, 2.45) is 0 Å². The number of rotatable bonds is 5. The smallest absolute Gasteiger partial charge is 0.273 e. The van der Waals surface area contributed by atoms with E-state index in [0.29, 0.717) is 18.7 Å². The van der Waals surface area contributed by atoms with Crippen LogP contribution in [0.4, 0.5) is 5.69 Å². The fourth-order valence-electron chi connectivity index (χ4n) is 1.68. The summed E-state index contributed by atoms with van der Waals surface area (Å²) in [6.45, 7) is 1.13. The van der Waals surface area contributed by atoms with Crippen LogP contribution in [-0.4, -0.2) is 9.91 Å². The number of nitrogens with one attached hydrogen (secondary N) is 1. The molecule has 0 aliphatic carbocycles. The van der Waals surface area contributed by atoms with Gasteiger partial charge in [-0.15, -0.1) is 0 Å². The molecule has 5 nitrogen and oxygen atoms in total. The molecule has 0 aliphatic heterocycles. The molecule has 1 N–H and O–H groups in total. The van der Waals surface area contributed by atoms with Crippen LogP contribution < -0.4 is 5.32 Å². The van der Waals surface area contributed by atoms with E-state index >= 15 is 0 Å². The van der Waals surface area contributed by atoms with Crippen LogP contribution in [0.15, 0.2) is 48.8 Å². The molecule has 0 fully saturated rings. The highest BCUT2D eigenvalue weighted by Gasteiger charge is 2.11. The van der Waals surface area contributed by atoms with Gasteiger partial charge >= 0.3 is 0 Å². The molecule has 1 aromatic carbocycles. The summed E-state index contributed by atoms with van der Waals surface area (Å²) in [7, 11) is 0. The Morgan fingerprint density at radius 2 is 1.83 bits per heavy atom. The monoisotopic (exact) mass is 243 g/mol. The normalized spacial score (nSPS) is 10.2. The largest absolute Gasteiger partial charge is 0.308 e. The third kappa shape index (κ3) is 3.11. The van der Waals surface area contributed by atoms with E-state index in [1.807, 2.05) is 12.1 Å². The van der Waals surface area contributed by atoms with Crippen LogP contribution in [0.2, 0.25) is 0 Å². The van der Waals surface area contributed by atoms with E-state index in [2.05, 4.69) is 10.3 Å². The molecule has 2 rings (SSSR count). The van der Waals surface area contributed by atoms with Crippen molar-refractivity contribution in [3.63, 3.8) is 0 Å². The van der Waals surface area contributed by atoms with Gasteiger partial charge in [0.2, 0.25) is 0 Å². The molecule has 1 heterocycles. The van der Waals surface area contributed by atoms with Gasteiger partial charge in [-0.05, 0) is 17.7 Å². The average Bonchev–Trinajstić information content (AvgIpc) is 2.40. The molecular weight excluding hydrogens is 230 g/mol. The minimum Gasteiger partial charge on any atom is -0.308 e. The molecular formula is C13H13N3O2. The lowest BCUT2D eigenvalue weighted by Crippen LogP contribution is -2.13. The molecule has 0 amide bonds. The fourth-order valence-corrected chi connectivity index (χ4v) is 1.68. The maximum atomic E-state index is 10.8. The van der Waals surface area contributed by atoms with Gasteiger partial charge in [-0.3, -0.25) is 15.1 Å². The van der Waals surface area contributed by atoms with Crippen molar-refractivity contribution in [1.82, 2.24) is 10.3 Å². The summed E-state index contributed by atoms with van der Waals surface area (Å²) >= 11 is 0. The number of nitro groups is 1. The molecule has 0 bridgehead atoms. The van der Waals surface area contributed by atoms with E-state index in [4.69, 9.17) is 0 Å². The van der Waals surface area contributed by atoms with Gasteiger partial charge in [0.25, 0.3) is 5.69 Å². The Morgan fingerprint density at radius 1 is 1.11 bits per heavy atom. The lowest BCUT2D eigenvalue weighted by atomic mass is 10.2. The first-order valence-electron chi connectivity index (χ1n) is 5.59. The first kappa shape index (κ1) is 12.2. The zero-order valence-corrected chi connectivity index (χ0v) is 9.74. The molecule has 1 aromatic heterocycles. The summed E-state index contributed by atoms with van der Waals surface area (Å²) in [5, 5.41) is 14.0. The number of nitrogens with zero attached hydrogens (tertiary/aromatic N) is 2. The van der Waals surface area contributed by atoms with Crippen LogP contribution >= 0.6 is 0 Å². The van der Waals surface area contributed by atoms with Crippen molar-refractivity contribution in [2.75, 3.05) is 0 Å². The second kappa shape index (κ2) is 5.88. The summed E-state index contributed by atoms with van der Waals surface area (Å²) < 4.78 is 0. The standard InChI is InChI=1S/C13H13N3O2/c17-16(18)13-4-2-1-3-12(13)10-15-9-11-5-7-14-8-6-11/h1-8,15H,9-10H2. The molecule has 0 saturated carbocycles. The maximum Gasteiger partial charge on any atom is 0.273 e. The number of benzene rings is 1. The Bertz CT molecular complexity index is 529. The molecule has 0 radical (unpaired) electrons. The van der Waals surface area contributed by atoms with Crippen molar-refractivity contribution in [1.29, 1.82) is 0 Å². The lowest BCUT2D eigenvalue weighted by molar-refractivity contribution is -0.385. The number of hydrogen-bond acceptors (Lipinski definition) is 4. The second-order valence-corrected chi connectivity index (χ2v) is 3.84. The molecule has 0 aliphatic rings. The average molecular weight is 243 g/mol. The minimum absolute atomic E-state index is 0.153. The van der Waals surface area contributed by atoms with E-state index in [1.165, 1.54) is 6.07 Å². The number of hydrogen-bond donors (Lipinski definition) is 1. The first-order valence-corrected chi connectivity index (χ1v) is 5.59. The van der Waals surface area contributed by atoms with Crippen LogP contribution in [0.25, 0.3) is 0 Å². The summed E-state index contributed by atoms with van der Waals surface area (Å²) in [6, 6.07) is 10.6. The van der Waals surface area contributed by atoms with E-state index in [1.54, 1.807) is 30.6 Å². The number of pyridine rings is 1. The van der Waals surface area contributed by atoms with Gasteiger partial charge in [0.05, 0.1) is 4.92 Å². The van der Waals surface area contributed by atoms with Crippen LogP contribution in [0, 0.1) is 10.1 Å². The van der Waals surface area contributed by atoms with Crippen LogP contribution in [0.5, 0.6) is 0 Å². The predicted molar refractivity (Wildman–Crippen MR) is 67.9 cm³/mol. The Kier molecular flexibility index (Phi) is 3.98. The molecule has 18 heavy (non-hydrogen) atoms. The highest BCUT2D eigenvalue weighted by molar-refractivity contribution is 5.39. The Hall–Kier alpha value is -2.27. The van der Waals surface area contributed by atoms with Gasteiger partial charge in [-0.25, -0.2) is 0 Å². The molecule has 5 heteroatoms. The number of para-hydroxylation sites is 1. The van der Waals surface area contributed by atoms with Crippen molar-refractivity contribution in [3.05, 3.63) is 70.0 Å². The molecule has 2 aromatic rings. The van der Waals surface area contributed by atoms with Crippen LogP contribution in [-0.2, 0) is 13.1 Å². The molecule has 92 valence electrons. The van der Waals surface area contributed by atoms with Crippen molar-refractivity contribution in [3.8, 4) is 0 Å². The predicted octanol–water partition coefficient (Wildman–Crippen LogP) is 2.28. The SMILES string of the molecule is O=[N+]([O-])c1ccccc1CNCc1ccncc1. The zero-order valence-electron chi connectivity index (χ0n) is 9.74. The van der Waals surface area contributed by atoms with Crippen LogP contribution in [0.1, 0.15) is 11.1 Å².